The van der Waals surface area contributed by atoms with Crippen LogP contribution in [0.5, 0.6) is 0 Å². The minimum atomic E-state index is -0.464. The van der Waals surface area contributed by atoms with Crippen LogP contribution in [-0.4, -0.2) is 17.6 Å². The second-order valence-electron chi connectivity index (χ2n) is 5.71. The van der Waals surface area contributed by atoms with Gasteiger partial charge in [0.25, 0.3) is 0 Å². The summed E-state index contributed by atoms with van der Waals surface area (Å²) >= 11 is 0. The Hall–Kier alpha value is -2.17. The molecule has 5 heteroatoms. The van der Waals surface area contributed by atoms with Crippen LogP contribution >= 0.6 is 0 Å². The SMILES string of the molecule is CC(=O)CC(=O)Nc1ccc(NC(=O)C(C)(C)C)cc1. The fourth-order valence-electron chi connectivity index (χ4n) is 1.39. The molecule has 5 nitrogen and oxygen atoms in total. The average molecular weight is 276 g/mol. The van der Waals surface area contributed by atoms with E-state index >= 15 is 0 Å². The summed E-state index contributed by atoms with van der Waals surface area (Å²) in [4.78, 5) is 34.0. The fraction of sp³-hybridized carbons (Fsp3) is 0.400. The zero-order valence-electron chi connectivity index (χ0n) is 12.2. The Balaban J connectivity index is 2.63. The molecule has 0 unspecified atom stereocenters. The number of ketones is 1. The molecule has 0 aliphatic rings. The second-order valence-corrected chi connectivity index (χ2v) is 5.71. The maximum Gasteiger partial charge on any atom is 0.231 e. The quantitative estimate of drug-likeness (QED) is 0.830. The Kier molecular flexibility index (Phi) is 5.02. The third-order valence-electron chi connectivity index (χ3n) is 2.52. The Bertz CT molecular complexity index is 513. The summed E-state index contributed by atoms with van der Waals surface area (Å²) < 4.78 is 0. The lowest BCUT2D eigenvalue weighted by atomic mass is 9.95. The highest BCUT2D eigenvalue weighted by molar-refractivity contribution is 6.03. The van der Waals surface area contributed by atoms with E-state index in [1.54, 1.807) is 24.3 Å². The van der Waals surface area contributed by atoms with Gasteiger partial charge in [-0.25, -0.2) is 0 Å². The maximum absolute atomic E-state index is 11.8. The largest absolute Gasteiger partial charge is 0.326 e. The highest BCUT2D eigenvalue weighted by Crippen LogP contribution is 2.19. The van der Waals surface area contributed by atoms with Crippen LogP contribution in [0.1, 0.15) is 34.1 Å². The molecule has 1 rings (SSSR count). The molecule has 0 aliphatic carbocycles. The average Bonchev–Trinajstić information content (AvgIpc) is 2.29. The van der Waals surface area contributed by atoms with Crippen LogP contribution in [-0.2, 0) is 14.4 Å². The molecule has 20 heavy (non-hydrogen) atoms. The normalized spacial score (nSPS) is 10.8. The first-order valence-corrected chi connectivity index (χ1v) is 6.39. The molecule has 0 spiro atoms. The van der Waals surface area contributed by atoms with Crippen molar-refractivity contribution in [2.45, 2.75) is 34.1 Å². The summed E-state index contributed by atoms with van der Waals surface area (Å²) in [5.74, 6) is -0.605. The van der Waals surface area contributed by atoms with Crippen molar-refractivity contribution in [2.24, 2.45) is 5.41 Å². The number of Topliss-reactive ketones (excluding diaryl/α,β-unsaturated/α-hetero) is 1. The highest BCUT2D eigenvalue weighted by Gasteiger charge is 2.20. The van der Waals surface area contributed by atoms with Crippen LogP contribution in [0.25, 0.3) is 0 Å². The molecule has 108 valence electrons. The van der Waals surface area contributed by atoms with E-state index < -0.39 is 5.41 Å². The van der Waals surface area contributed by atoms with Gasteiger partial charge in [-0.15, -0.1) is 0 Å². The summed E-state index contributed by atoms with van der Waals surface area (Å²) in [6, 6.07) is 6.76. The van der Waals surface area contributed by atoms with Crippen molar-refractivity contribution in [3.63, 3.8) is 0 Å². The monoisotopic (exact) mass is 276 g/mol. The predicted molar refractivity (Wildman–Crippen MR) is 78.5 cm³/mol. The lowest BCUT2D eigenvalue weighted by Crippen LogP contribution is -2.27. The molecule has 0 aliphatic heterocycles. The molecule has 1 aromatic carbocycles. The Morgan fingerprint density at radius 3 is 1.80 bits per heavy atom. The van der Waals surface area contributed by atoms with E-state index in [0.717, 1.165) is 0 Å². The van der Waals surface area contributed by atoms with Crippen LogP contribution in [0.15, 0.2) is 24.3 Å². The molecule has 0 radical (unpaired) electrons. The van der Waals surface area contributed by atoms with Gasteiger partial charge in [0.05, 0.1) is 6.42 Å². The predicted octanol–water partition coefficient (Wildman–Crippen LogP) is 2.59. The minimum absolute atomic E-state index is 0.0779. The van der Waals surface area contributed by atoms with Gasteiger partial charge in [-0.05, 0) is 31.2 Å². The summed E-state index contributed by atoms with van der Waals surface area (Å²) in [6.45, 7) is 6.86. The number of amides is 2. The van der Waals surface area contributed by atoms with E-state index in [1.807, 2.05) is 20.8 Å². The molecule has 2 N–H and O–H groups in total. The number of rotatable bonds is 4. The Morgan fingerprint density at radius 2 is 1.40 bits per heavy atom. The molecule has 0 aromatic heterocycles. The van der Waals surface area contributed by atoms with Crippen LogP contribution in [0.3, 0.4) is 0 Å². The van der Waals surface area contributed by atoms with E-state index in [0.29, 0.717) is 11.4 Å². The van der Waals surface area contributed by atoms with Crippen molar-refractivity contribution in [1.29, 1.82) is 0 Å². The maximum atomic E-state index is 11.8. The molecule has 0 bridgehead atoms. The summed E-state index contributed by atoms with van der Waals surface area (Å²) in [5.41, 5.74) is 0.786. The van der Waals surface area contributed by atoms with Crippen molar-refractivity contribution >= 4 is 29.0 Å². The summed E-state index contributed by atoms with van der Waals surface area (Å²) in [7, 11) is 0. The van der Waals surface area contributed by atoms with Gasteiger partial charge < -0.3 is 10.6 Å². The van der Waals surface area contributed by atoms with E-state index in [9.17, 15) is 14.4 Å². The van der Waals surface area contributed by atoms with Gasteiger partial charge in [0.15, 0.2) is 0 Å². The van der Waals surface area contributed by atoms with Crippen molar-refractivity contribution in [1.82, 2.24) is 0 Å². The van der Waals surface area contributed by atoms with Crippen LogP contribution in [0, 0.1) is 5.41 Å². The van der Waals surface area contributed by atoms with E-state index in [2.05, 4.69) is 10.6 Å². The van der Waals surface area contributed by atoms with Gasteiger partial charge in [0, 0.05) is 16.8 Å². The van der Waals surface area contributed by atoms with Crippen molar-refractivity contribution in [3.05, 3.63) is 24.3 Å². The van der Waals surface area contributed by atoms with Gasteiger partial charge in [-0.1, -0.05) is 20.8 Å². The number of nitrogens with one attached hydrogen (secondary N) is 2. The Labute approximate surface area is 118 Å². The van der Waals surface area contributed by atoms with Gasteiger partial charge in [-0.2, -0.15) is 0 Å². The number of carbonyl (C=O) groups is 3. The smallest absolute Gasteiger partial charge is 0.231 e. The summed E-state index contributed by atoms with van der Waals surface area (Å²) in [6.07, 6.45) is -0.136. The molecule has 1 aromatic rings. The topological polar surface area (TPSA) is 75.3 Å². The first-order chi connectivity index (χ1) is 9.18. The molecule has 0 heterocycles. The lowest BCUT2D eigenvalue weighted by molar-refractivity contribution is -0.124. The van der Waals surface area contributed by atoms with E-state index in [1.165, 1.54) is 6.92 Å². The van der Waals surface area contributed by atoms with Crippen LogP contribution in [0.4, 0.5) is 11.4 Å². The first-order valence-electron chi connectivity index (χ1n) is 6.39. The number of carbonyl (C=O) groups excluding carboxylic acids is 3. The molecule has 0 fully saturated rings. The molecular weight excluding hydrogens is 256 g/mol. The number of benzene rings is 1. The van der Waals surface area contributed by atoms with Crippen LogP contribution in [0.2, 0.25) is 0 Å². The number of hydrogen-bond donors (Lipinski definition) is 2. The fourth-order valence-corrected chi connectivity index (χ4v) is 1.39. The number of anilines is 2. The van der Waals surface area contributed by atoms with Gasteiger partial charge in [0.2, 0.25) is 11.8 Å². The van der Waals surface area contributed by atoms with E-state index in [4.69, 9.17) is 0 Å². The van der Waals surface area contributed by atoms with E-state index in [-0.39, 0.29) is 24.0 Å². The molecule has 0 saturated carbocycles. The second kappa shape index (κ2) is 6.32. The van der Waals surface area contributed by atoms with Crippen LogP contribution < -0.4 is 10.6 Å². The molecule has 0 atom stereocenters. The van der Waals surface area contributed by atoms with Gasteiger partial charge >= 0.3 is 0 Å². The third-order valence-corrected chi connectivity index (χ3v) is 2.52. The van der Waals surface area contributed by atoms with Gasteiger partial charge in [0.1, 0.15) is 5.78 Å². The lowest BCUT2D eigenvalue weighted by Gasteiger charge is -2.17. The zero-order valence-corrected chi connectivity index (χ0v) is 12.2. The number of hydrogen-bond acceptors (Lipinski definition) is 3. The highest BCUT2D eigenvalue weighted by atomic mass is 16.2. The minimum Gasteiger partial charge on any atom is -0.326 e. The van der Waals surface area contributed by atoms with Gasteiger partial charge in [-0.3, -0.25) is 14.4 Å². The molecule has 0 saturated heterocycles. The van der Waals surface area contributed by atoms with Crippen molar-refractivity contribution < 1.29 is 14.4 Å². The van der Waals surface area contributed by atoms with Crippen molar-refractivity contribution in [3.8, 4) is 0 Å². The third kappa shape index (κ3) is 5.22. The first kappa shape index (κ1) is 15.9. The molecular formula is C15H20N2O3. The van der Waals surface area contributed by atoms with Crippen molar-refractivity contribution in [2.75, 3.05) is 10.6 Å². The standard InChI is InChI=1S/C15H20N2O3/c1-10(18)9-13(19)16-11-5-7-12(8-6-11)17-14(20)15(2,3)4/h5-8H,9H2,1-4H3,(H,16,19)(H,17,20). The molecule has 2 amide bonds. The Morgan fingerprint density at radius 1 is 0.950 bits per heavy atom. The summed E-state index contributed by atoms with van der Waals surface area (Å²) in [5, 5.41) is 5.40. The zero-order chi connectivity index (χ0) is 15.3.